The maximum absolute atomic E-state index is 13.6. The van der Waals surface area contributed by atoms with Gasteiger partial charge in [-0.1, -0.05) is 30.3 Å². The minimum Gasteiger partial charge on any atom is -0.497 e. The van der Waals surface area contributed by atoms with Crippen molar-refractivity contribution in [2.24, 2.45) is 5.92 Å². The number of hydrogen-bond acceptors (Lipinski definition) is 6. The van der Waals surface area contributed by atoms with Crippen LogP contribution in [0.2, 0.25) is 0 Å². The third-order valence-electron chi connectivity index (χ3n) is 5.90. The molecule has 0 aliphatic carbocycles. The largest absolute Gasteiger partial charge is 0.497 e. The molecule has 0 radical (unpaired) electrons. The molecule has 2 saturated heterocycles. The zero-order chi connectivity index (χ0) is 23.8. The lowest BCUT2D eigenvalue weighted by Crippen LogP contribution is -2.37. The lowest BCUT2D eigenvalue weighted by molar-refractivity contribution is -0.126. The third kappa shape index (κ3) is 3.73. The monoisotopic (exact) mass is 466 g/mol. The number of halogens is 2. The number of benzene rings is 3. The van der Waals surface area contributed by atoms with Crippen LogP contribution in [0.25, 0.3) is 0 Å². The number of para-hydroxylation sites is 1. The maximum Gasteiger partial charge on any atom is 0.387 e. The fourth-order valence-electron chi connectivity index (χ4n) is 4.38. The molecule has 2 fully saturated rings. The lowest BCUT2D eigenvalue weighted by atomic mass is 9.90. The molecule has 0 aromatic heterocycles. The molecule has 3 atom stereocenters. The Labute approximate surface area is 194 Å². The first-order valence-corrected chi connectivity index (χ1v) is 10.6. The standard InChI is InChI=1S/C25H20F2N2O5/c1-32-18-13-9-16(10-14-18)28-23(30)20-21(15-7-11-19(12-8-15)33-25(26)27)29(34-22(20)24(28)31)17-5-3-2-4-6-17/h2-14,20-22,25H,1H3. The summed E-state index contributed by atoms with van der Waals surface area (Å²) < 4.78 is 34.8. The summed E-state index contributed by atoms with van der Waals surface area (Å²) in [6.45, 7) is -2.95. The average Bonchev–Trinajstić information content (AvgIpc) is 3.36. The SMILES string of the molecule is COc1ccc(N2C(=O)C3ON(c4ccccc4)C(c4ccc(OC(F)F)cc4)C3C2=O)cc1. The Morgan fingerprint density at radius 2 is 1.47 bits per heavy atom. The number of alkyl halides is 2. The first kappa shape index (κ1) is 21.8. The Balaban J connectivity index is 1.52. The molecule has 7 nitrogen and oxygen atoms in total. The van der Waals surface area contributed by atoms with E-state index in [0.29, 0.717) is 22.7 Å². The van der Waals surface area contributed by atoms with Gasteiger partial charge in [-0.15, -0.1) is 0 Å². The summed E-state index contributed by atoms with van der Waals surface area (Å²) in [4.78, 5) is 34.1. The van der Waals surface area contributed by atoms with Crippen molar-refractivity contribution in [1.82, 2.24) is 0 Å². The van der Waals surface area contributed by atoms with Crippen LogP contribution in [0.5, 0.6) is 11.5 Å². The van der Waals surface area contributed by atoms with Crippen LogP contribution in [0.3, 0.4) is 0 Å². The van der Waals surface area contributed by atoms with Gasteiger partial charge in [-0.25, -0.2) is 9.96 Å². The van der Waals surface area contributed by atoms with Crippen molar-refractivity contribution < 1.29 is 32.7 Å². The first-order chi connectivity index (χ1) is 16.5. The average molecular weight is 466 g/mol. The molecule has 3 aromatic rings. The zero-order valence-electron chi connectivity index (χ0n) is 18.0. The molecule has 0 bridgehead atoms. The Bertz CT molecular complexity index is 1190. The number of hydroxylamine groups is 1. The number of nitrogens with zero attached hydrogens (tertiary/aromatic N) is 2. The van der Waals surface area contributed by atoms with Crippen LogP contribution in [0.1, 0.15) is 11.6 Å². The van der Waals surface area contributed by atoms with Gasteiger partial charge in [-0.3, -0.25) is 14.4 Å². The highest BCUT2D eigenvalue weighted by atomic mass is 19.3. The molecule has 34 heavy (non-hydrogen) atoms. The Morgan fingerprint density at radius 3 is 2.09 bits per heavy atom. The van der Waals surface area contributed by atoms with Crippen LogP contribution in [-0.4, -0.2) is 31.6 Å². The van der Waals surface area contributed by atoms with Crippen LogP contribution >= 0.6 is 0 Å². The second-order valence-electron chi connectivity index (χ2n) is 7.82. The summed E-state index contributed by atoms with van der Waals surface area (Å²) in [5.74, 6) is -1.12. The third-order valence-corrected chi connectivity index (χ3v) is 5.90. The van der Waals surface area contributed by atoms with Crippen LogP contribution in [-0.2, 0) is 14.4 Å². The summed E-state index contributed by atoms with van der Waals surface area (Å²) in [6, 6.07) is 21.0. The summed E-state index contributed by atoms with van der Waals surface area (Å²) in [6.07, 6.45) is -1.03. The van der Waals surface area contributed by atoms with E-state index in [1.807, 2.05) is 18.2 Å². The molecular formula is C25H20F2N2O5. The van der Waals surface area contributed by atoms with Crippen molar-refractivity contribution in [2.75, 3.05) is 17.1 Å². The number of carbonyl (C=O) groups excluding carboxylic acids is 2. The number of rotatable bonds is 6. The molecule has 2 aliphatic rings. The van der Waals surface area contributed by atoms with Crippen molar-refractivity contribution in [2.45, 2.75) is 18.8 Å². The number of hydrogen-bond donors (Lipinski definition) is 0. The normalized spacial score (nSPS) is 21.8. The van der Waals surface area contributed by atoms with Crippen LogP contribution in [0.15, 0.2) is 78.9 Å². The van der Waals surface area contributed by atoms with Gasteiger partial charge < -0.3 is 9.47 Å². The first-order valence-electron chi connectivity index (χ1n) is 10.6. The fourth-order valence-corrected chi connectivity index (χ4v) is 4.38. The van der Waals surface area contributed by atoms with Gasteiger partial charge in [0.25, 0.3) is 5.91 Å². The molecule has 9 heteroatoms. The number of amides is 2. The Morgan fingerprint density at radius 1 is 0.824 bits per heavy atom. The van der Waals surface area contributed by atoms with Crippen LogP contribution in [0, 0.1) is 5.92 Å². The molecule has 0 N–H and O–H groups in total. The van der Waals surface area contributed by atoms with E-state index in [2.05, 4.69) is 4.74 Å². The van der Waals surface area contributed by atoms with Crippen molar-refractivity contribution in [1.29, 1.82) is 0 Å². The number of carbonyl (C=O) groups is 2. The highest BCUT2D eigenvalue weighted by Crippen LogP contribution is 2.47. The van der Waals surface area contributed by atoms with Gasteiger partial charge in [-0.2, -0.15) is 8.78 Å². The second kappa shape index (κ2) is 8.75. The fraction of sp³-hybridized carbons (Fsp3) is 0.200. The van der Waals surface area contributed by atoms with Gasteiger partial charge in [0.1, 0.15) is 17.4 Å². The smallest absolute Gasteiger partial charge is 0.387 e. The van der Waals surface area contributed by atoms with E-state index in [1.165, 1.54) is 19.2 Å². The maximum atomic E-state index is 13.6. The predicted molar refractivity (Wildman–Crippen MR) is 119 cm³/mol. The molecule has 2 amide bonds. The number of anilines is 2. The van der Waals surface area contributed by atoms with Crippen molar-refractivity contribution >= 4 is 23.2 Å². The molecule has 2 aliphatic heterocycles. The van der Waals surface area contributed by atoms with E-state index in [0.717, 1.165) is 4.90 Å². The molecular weight excluding hydrogens is 446 g/mol. The van der Waals surface area contributed by atoms with Crippen LogP contribution in [0.4, 0.5) is 20.2 Å². The van der Waals surface area contributed by atoms with E-state index in [4.69, 9.17) is 9.57 Å². The molecule has 3 aromatic carbocycles. The van der Waals surface area contributed by atoms with Gasteiger partial charge in [0.05, 0.1) is 24.5 Å². The minimum absolute atomic E-state index is 0.00541. The van der Waals surface area contributed by atoms with E-state index in [9.17, 15) is 18.4 Å². The van der Waals surface area contributed by atoms with Gasteiger partial charge in [-0.05, 0) is 54.1 Å². The van der Waals surface area contributed by atoms with Gasteiger partial charge >= 0.3 is 6.61 Å². The number of methoxy groups -OCH3 is 1. The van der Waals surface area contributed by atoms with E-state index in [1.54, 1.807) is 53.6 Å². The minimum atomic E-state index is -2.95. The molecule has 3 unspecified atom stereocenters. The van der Waals surface area contributed by atoms with Crippen molar-refractivity contribution in [3.05, 3.63) is 84.4 Å². The van der Waals surface area contributed by atoms with E-state index < -0.39 is 36.5 Å². The zero-order valence-corrected chi connectivity index (χ0v) is 18.0. The topological polar surface area (TPSA) is 68.3 Å². The quantitative estimate of drug-likeness (QED) is 0.504. The van der Waals surface area contributed by atoms with Crippen molar-refractivity contribution in [3.8, 4) is 11.5 Å². The summed E-state index contributed by atoms with van der Waals surface area (Å²) in [5, 5.41) is 1.54. The van der Waals surface area contributed by atoms with Gasteiger partial charge in [0.15, 0.2) is 6.10 Å². The Kier molecular flexibility index (Phi) is 5.62. The Hall–Kier alpha value is -3.98. The summed E-state index contributed by atoms with van der Waals surface area (Å²) in [5.41, 5.74) is 1.70. The second-order valence-corrected chi connectivity index (χ2v) is 7.82. The molecule has 0 saturated carbocycles. The molecule has 174 valence electrons. The summed E-state index contributed by atoms with van der Waals surface area (Å²) in [7, 11) is 1.53. The van der Waals surface area contributed by atoms with Gasteiger partial charge in [0, 0.05) is 0 Å². The van der Waals surface area contributed by atoms with E-state index in [-0.39, 0.29) is 5.75 Å². The molecule has 5 rings (SSSR count). The van der Waals surface area contributed by atoms with Crippen LogP contribution < -0.4 is 19.4 Å². The number of ether oxygens (including phenoxy) is 2. The highest BCUT2D eigenvalue weighted by Gasteiger charge is 2.60. The lowest BCUT2D eigenvalue weighted by Gasteiger charge is -2.28. The molecule has 2 heterocycles. The number of imide groups is 1. The van der Waals surface area contributed by atoms with Crippen molar-refractivity contribution in [3.63, 3.8) is 0 Å². The molecule has 0 spiro atoms. The van der Waals surface area contributed by atoms with E-state index >= 15 is 0 Å². The highest BCUT2D eigenvalue weighted by molar-refractivity contribution is 6.23. The number of fused-ring (bicyclic) bond motifs is 1. The predicted octanol–water partition coefficient (Wildman–Crippen LogP) is 4.35. The summed E-state index contributed by atoms with van der Waals surface area (Å²) >= 11 is 0. The van der Waals surface area contributed by atoms with Gasteiger partial charge in [0.2, 0.25) is 5.91 Å².